The van der Waals surface area contributed by atoms with Crippen LogP contribution < -0.4 is 15.0 Å². The molecular formula is C17H18N2O3S. The molecule has 0 saturated carbocycles. The molecule has 0 unspecified atom stereocenters. The highest BCUT2D eigenvalue weighted by atomic mass is 32.2. The van der Waals surface area contributed by atoms with Crippen molar-refractivity contribution in [2.75, 3.05) is 20.0 Å². The second-order valence-electron chi connectivity index (χ2n) is 4.78. The first-order valence-electron chi connectivity index (χ1n) is 7.17. The zero-order valence-corrected chi connectivity index (χ0v) is 14.1. The number of aromatic nitrogens is 1. The van der Waals surface area contributed by atoms with Crippen LogP contribution in [0.5, 0.6) is 11.5 Å². The number of hydrogen-bond acceptors (Lipinski definition) is 5. The van der Waals surface area contributed by atoms with E-state index in [1.165, 1.54) is 11.8 Å². The van der Waals surface area contributed by atoms with Gasteiger partial charge in [-0.15, -0.1) is 11.8 Å². The highest BCUT2D eigenvalue weighted by Crippen LogP contribution is 2.35. The molecule has 0 aliphatic carbocycles. The van der Waals surface area contributed by atoms with Crippen molar-refractivity contribution >= 4 is 11.8 Å². The Morgan fingerprint density at radius 3 is 2.70 bits per heavy atom. The molecule has 0 spiro atoms. The van der Waals surface area contributed by atoms with Crippen LogP contribution in [0.4, 0.5) is 0 Å². The second-order valence-corrected chi connectivity index (χ2v) is 5.63. The quantitative estimate of drug-likeness (QED) is 0.821. The lowest BCUT2D eigenvalue weighted by atomic mass is 10.1. The monoisotopic (exact) mass is 330 g/mol. The van der Waals surface area contributed by atoms with E-state index in [0.717, 1.165) is 16.9 Å². The van der Waals surface area contributed by atoms with Crippen LogP contribution in [0.3, 0.4) is 0 Å². The standard InChI is InChI=1S/C17H18N2O3S/c1-4-7-22-14-8-11(5-6-13(14)21-2)16-15(23-3)9-12(10-18)17(20)19-16/h5-6,8-9H,4,7H2,1-3H3,(H,19,20). The molecule has 0 saturated heterocycles. The molecule has 0 aliphatic heterocycles. The van der Waals surface area contributed by atoms with Crippen molar-refractivity contribution in [3.8, 4) is 28.8 Å². The van der Waals surface area contributed by atoms with E-state index in [1.807, 2.05) is 31.4 Å². The van der Waals surface area contributed by atoms with E-state index in [9.17, 15) is 4.79 Å². The number of nitrogens with zero attached hydrogens (tertiary/aromatic N) is 1. The number of aromatic amines is 1. The number of nitriles is 1. The van der Waals surface area contributed by atoms with Crippen LogP contribution >= 0.6 is 11.8 Å². The molecule has 2 rings (SSSR count). The number of methoxy groups -OCH3 is 1. The van der Waals surface area contributed by atoms with Crippen molar-refractivity contribution in [2.24, 2.45) is 0 Å². The Balaban J connectivity index is 2.56. The van der Waals surface area contributed by atoms with Gasteiger partial charge in [0, 0.05) is 10.5 Å². The van der Waals surface area contributed by atoms with Gasteiger partial charge in [-0.25, -0.2) is 0 Å². The predicted molar refractivity (Wildman–Crippen MR) is 91.3 cm³/mol. The van der Waals surface area contributed by atoms with Crippen LogP contribution in [0.2, 0.25) is 0 Å². The van der Waals surface area contributed by atoms with E-state index in [1.54, 1.807) is 19.2 Å². The topological polar surface area (TPSA) is 75.1 Å². The summed E-state index contributed by atoms with van der Waals surface area (Å²) in [5.41, 5.74) is 1.19. The molecule has 120 valence electrons. The molecule has 0 aliphatic rings. The molecule has 0 amide bonds. The van der Waals surface area contributed by atoms with Gasteiger partial charge in [-0.05, 0) is 36.9 Å². The Hall–Kier alpha value is -2.39. The first-order chi connectivity index (χ1) is 11.1. The summed E-state index contributed by atoms with van der Waals surface area (Å²) in [4.78, 5) is 15.6. The van der Waals surface area contributed by atoms with Gasteiger partial charge in [-0.2, -0.15) is 5.26 Å². The van der Waals surface area contributed by atoms with Gasteiger partial charge in [-0.3, -0.25) is 4.79 Å². The molecule has 0 bridgehead atoms. The van der Waals surface area contributed by atoms with Crippen molar-refractivity contribution < 1.29 is 9.47 Å². The number of pyridine rings is 1. The van der Waals surface area contributed by atoms with Crippen LogP contribution in [-0.4, -0.2) is 25.0 Å². The first-order valence-corrected chi connectivity index (χ1v) is 8.39. The normalized spacial score (nSPS) is 10.2. The van der Waals surface area contributed by atoms with Crippen LogP contribution in [0.15, 0.2) is 34.0 Å². The van der Waals surface area contributed by atoms with E-state index in [4.69, 9.17) is 14.7 Å². The van der Waals surface area contributed by atoms with Crippen molar-refractivity contribution in [1.29, 1.82) is 5.26 Å². The molecule has 1 aromatic heterocycles. The lowest BCUT2D eigenvalue weighted by molar-refractivity contribution is 0.294. The van der Waals surface area contributed by atoms with Gasteiger partial charge in [0.25, 0.3) is 5.56 Å². The van der Waals surface area contributed by atoms with Crippen molar-refractivity contribution in [2.45, 2.75) is 18.2 Å². The fourth-order valence-electron chi connectivity index (χ4n) is 2.13. The molecule has 2 aromatic rings. The molecule has 0 fully saturated rings. The highest BCUT2D eigenvalue weighted by molar-refractivity contribution is 7.98. The van der Waals surface area contributed by atoms with Crippen LogP contribution in [0.1, 0.15) is 18.9 Å². The SMILES string of the molecule is CCCOc1cc(-c2[nH]c(=O)c(C#N)cc2SC)ccc1OC. The summed E-state index contributed by atoms with van der Waals surface area (Å²) in [6.45, 7) is 2.61. The minimum atomic E-state index is -0.396. The predicted octanol–water partition coefficient (Wildman–Crippen LogP) is 3.43. The van der Waals surface area contributed by atoms with E-state index in [-0.39, 0.29) is 5.56 Å². The number of thioether (sulfide) groups is 1. The third kappa shape index (κ3) is 3.69. The highest BCUT2D eigenvalue weighted by Gasteiger charge is 2.13. The molecule has 23 heavy (non-hydrogen) atoms. The largest absolute Gasteiger partial charge is 0.493 e. The Bertz CT molecular complexity index is 793. The van der Waals surface area contributed by atoms with Crippen LogP contribution in [0.25, 0.3) is 11.3 Å². The molecule has 5 nitrogen and oxygen atoms in total. The molecule has 1 N–H and O–H groups in total. The number of nitrogens with one attached hydrogen (secondary N) is 1. The Morgan fingerprint density at radius 1 is 1.30 bits per heavy atom. The van der Waals surface area contributed by atoms with Gasteiger partial charge in [-0.1, -0.05) is 6.92 Å². The van der Waals surface area contributed by atoms with E-state index < -0.39 is 5.56 Å². The van der Waals surface area contributed by atoms with Gasteiger partial charge in [0.1, 0.15) is 11.6 Å². The molecule has 0 radical (unpaired) electrons. The maximum atomic E-state index is 11.9. The van der Waals surface area contributed by atoms with Gasteiger partial charge in [0.15, 0.2) is 11.5 Å². The van der Waals surface area contributed by atoms with Crippen molar-refractivity contribution in [3.63, 3.8) is 0 Å². The van der Waals surface area contributed by atoms with Gasteiger partial charge in [0.05, 0.1) is 19.4 Å². The van der Waals surface area contributed by atoms with Crippen LogP contribution in [-0.2, 0) is 0 Å². The average Bonchev–Trinajstić information content (AvgIpc) is 2.59. The summed E-state index contributed by atoms with van der Waals surface area (Å²) in [7, 11) is 1.59. The minimum absolute atomic E-state index is 0.106. The lowest BCUT2D eigenvalue weighted by Crippen LogP contribution is -2.11. The molecule has 0 atom stereocenters. The Morgan fingerprint density at radius 2 is 2.09 bits per heavy atom. The number of rotatable bonds is 6. The first kappa shape index (κ1) is 17.0. The molecule has 6 heteroatoms. The second kappa shape index (κ2) is 7.75. The lowest BCUT2D eigenvalue weighted by Gasteiger charge is -2.13. The zero-order chi connectivity index (χ0) is 16.8. The number of hydrogen-bond donors (Lipinski definition) is 1. The molecule has 1 heterocycles. The Labute approximate surface area is 139 Å². The number of H-pyrrole nitrogens is 1. The van der Waals surface area contributed by atoms with E-state index in [0.29, 0.717) is 23.8 Å². The van der Waals surface area contributed by atoms with Gasteiger partial charge >= 0.3 is 0 Å². The summed E-state index contributed by atoms with van der Waals surface area (Å²) in [5, 5.41) is 8.99. The smallest absolute Gasteiger partial charge is 0.266 e. The van der Waals surface area contributed by atoms with Crippen molar-refractivity contribution in [1.82, 2.24) is 4.98 Å². The van der Waals surface area contributed by atoms with E-state index in [2.05, 4.69) is 4.98 Å². The molecule has 1 aromatic carbocycles. The van der Waals surface area contributed by atoms with E-state index >= 15 is 0 Å². The van der Waals surface area contributed by atoms with Crippen molar-refractivity contribution in [3.05, 3.63) is 40.2 Å². The van der Waals surface area contributed by atoms with Gasteiger partial charge in [0.2, 0.25) is 0 Å². The summed E-state index contributed by atoms with van der Waals surface area (Å²) in [6.07, 6.45) is 2.79. The number of benzene rings is 1. The fraction of sp³-hybridized carbons (Fsp3) is 0.294. The van der Waals surface area contributed by atoms with Crippen LogP contribution in [0, 0.1) is 11.3 Å². The summed E-state index contributed by atoms with van der Waals surface area (Å²) < 4.78 is 11.0. The third-order valence-electron chi connectivity index (χ3n) is 3.26. The maximum absolute atomic E-state index is 11.9. The summed E-state index contributed by atoms with van der Waals surface area (Å²) >= 11 is 1.47. The summed E-state index contributed by atoms with van der Waals surface area (Å²) in [5.74, 6) is 1.27. The van der Waals surface area contributed by atoms with Gasteiger partial charge < -0.3 is 14.5 Å². The molecular weight excluding hydrogens is 312 g/mol. The Kier molecular flexibility index (Phi) is 5.72. The maximum Gasteiger partial charge on any atom is 0.266 e. The summed E-state index contributed by atoms with van der Waals surface area (Å²) in [6, 6.07) is 9.01. The average molecular weight is 330 g/mol. The number of ether oxygens (including phenoxy) is 2. The minimum Gasteiger partial charge on any atom is -0.493 e. The fourth-order valence-corrected chi connectivity index (χ4v) is 2.74. The zero-order valence-electron chi connectivity index (χ0n) is 13.3. The third-order valence-corrected chi connectivity index (χ3v) is 4.02.